The zero-order valence-corrected chi connectivity index (χ0v) is 39.5. The molecule has 0 saturated carbocycles. The Morgan fingerprint density at radius 2 is 1.24 bits per heavy atom. The highest BCUT2D eigenvalue weighted by Gasteiger charge is 2.57. The summed E-state index contributed by atoms with van der Waals surface area (Å²) < 4.78 is 19.6. The molecule has 4 aromatic carbocycles. The molecule has 4 aromatic rings. The van der Waals surface area contributed by atoms with Gasteiger partial charge in [0.15, 0.2) is 5.60 Å². The van der Waals surface area contributed by atoms with E-state index >= 15 is 0 Å². The van der Waals surface area contributed by atoms with Crippen LogP contribution in [0.3, 0.4) is 0 Å². The number of benzene rings is 4. The number of rotatable bonds is 9. The molecule has 0 unspecified atom stereocenters. The number of ether oxygens (including phenoxy) is 4. The Morgan fingerprint density at radius 3 is 1.67 bits per heavy atom. The lowest BCUT2D eigenvalue weighted by molar-refractivity contribution is -0.145. The van der Waals surface area contributed by atoms with Crippen LogP contribution < -0.4 is 10.6 Å². The minimum atomic E-state index is -0.738. The molecular formula is C52H65ClN4O10. The standard InChI is InChI=1S/C18H17NO2.C17H19N.C9H15NO4.C5H9NO2.C3H5ClO2/c20-17-19-13-7-12-16(19)18(21-17,14-8-3-1-4-9-14)15-10-5-2-6-11-15;1-3-8-14(9-4-1)17(16-12-7-13-18-16)15-10-5-2-6-11-15;1-3-14-9(12)10-6-4-5-7(10)8(11)13-2;7-5(8)4-2-1-3-6-4;1-2-6-3(4)5/h1-6,8-11,16H,7,12-13H2;1-6,8-11,16-18H,7,12-13H2;7H,3-6H2,1-2H3;4,6H,1-3H2,(H,7,8);2H2,1H3/t2*16-;7-;4-;/m0000./s1. The number of aliphatic carboxylic acids is 1. The monoisotopic (exact) mass is 940 g/mol. The highest BCUT2D eigenvalue weighted by atomic mass is 35.5. The van der Waals surface area contributed by atoms with Crippen molar-refractivity contribution in [3.05, 3.63) is 144 Å². The van der Waals surface area contributed by atoms with Gasteiger partial charge in [-0.05, 0) is 89.4 Å². The van der Waals surface area contributed by atoms with E-state index in [0.29, 0.717) is 38.1 Å². The van der Waals surface area contributed by atoms with E-state index in [2.05, 4.69) is 105 Å². The van der Waals surface area contributed by atoms with Gasteiger partial charge in [-0.3, -0.25) is 9.69 Å². The molecular weight excluding hydrogens is 876 g/mol. The maximum Gasteiger partial charge on any atom is 0.411 e. The van der Waals surface area contributed by atoms with Gasteiger partial charge < -0.3 is 39.6 Å². The van der Waals surface area contributed by atoms with Crippen LogP contribution in [0.5, 0.6) is 0 Å². The SMILES string of the molecule is CCOC(=O)Cl.CCOC(=O)N1CCC[C@H]1C(=O)OC.O=C(O)[C@@H]1CCCN1.O=C1OC(c2ccccc2)(c2ccccc2)[C@@H]2CCCN12.c1ccc(C(c2ccccc2)[C@@H]2CCCN2)cc1. The van der Waals surface area contributed by atoms with Crippen molar-refractivity contribution in [2.24, 2.45) is 0 Å². The predicted octanol–water partition coefficient (Wildman–Crippen LogP) is 9.10. The van der Waals surface area contributed by atoms with Crippen molar-refractivity contribution in [1.29, 1.82) is 0 Å². The van der Waals surface area contributed by atoms with Crippen LogP contribution in [0.15, 0.2) is 121 Å². The molecule has 0 bridgehead atoms. The van der Waals surface area contributed by atoms with Crippen molar-refractivity contribution in [1.82, 2.24) is 20.4 Å². The fourth-order valence-corrected chi connectivity index (χ4v) is 9.38. The van der Waals surface area contributed by atoms with Crippen LogP contribution in [0.4, 0.5) is 14.4 Å². The summed E-state index contributed by atoms with van der Waals surface area (Å²) in [4.78, 5) is 58.0. The number of carbonyl (C=O) groups is 5. The number of halogens is 1. The lowest BCUT2D eigenvalue weighted by atomic mass is 9.79. The zero-order chi connectivity index (χ0) is 48.0. The van der Waals surface area contributed by atoms with Gasteiger partial charge in [-0.15, -0.1) is 0 Å². The highest BCUT2D eigenvalue weighted by Crippen LogP contribution is 2.48. The van der Waals surface area contributed by atoms with Crippen molar-refractivity contribution in [3.63, 3.8) is 0 Å². The molecule has 9 rings (SSSR count). The summed E-state index contributed by atoms with van der Waals surface area (Å²) in [6.45, 7) is 7.48. The van der Waals surface area contributed by atoms with Gasteiger partial charge in [0.2, 0.25) is 0 Å². The third kappa shape index (κ3) is 14.3. The number of amides is 2. The Kier molecular flexibility index (Phi) is 21.0. The van der Waals surface area contributed by atoms with Crippen LogP contribution in [0.1, 0.15) is 93.4 Å². The average Bonchev–Trinajstić information content (AvgIpc) is 4.23. The first kappa shape index (κ1) is 52.0. The van der Waals surface area contributed by atoms with Crippen LogP contribution in [0.2, 0.25) is 0 Å². The number of hydrogen-bond donors (Lipinski definition) is 3. The van der Waals surface area contributed by atoms with E-state index in [-0.39, 0.29) is 24.1 Å². The molecule has 5 heterocycles. The predicted molar refractivity (Wildman–Crippen MR) is 256 cm³/mol. The summed E-state index contributed by atoms with van der Waals surface area (Å²) >= 11 is 4.72. The number of likely N-dealkylation sites (tertiary alicyclic amines) is 1. The second-order valence-corrected chi connectivity index (χ2v) is 16.7. The molecule has 0 spiro atoms. The van der Waals surface area contributed by atoms with Gasteiger partial charge in [-0.2, -0.15) is 0 Å². The van der Waals surface area contributed by atoms with Crippen LogP contribution in [0, 0.1) is 0 Å². The first-order chi connectivity index (χ1) is 32.5. The summed E-state index contributed by atoms with van der Waals surface area (Å²) in [7, 11) is 1.32. The Balaban J connectivity index is 0.000000167. The quantitative estimate of drug-likeness (QED) is 0.0827. The van der Waals surface area contributed by atoms with Crippen LogP contribution in [0.25, 0.3) is 0 Å². The van der Waals surface area contributed by atoms with Crippen molar-refractivity contribution in [3.8, 4) is 0 Å². The molecule has 0 aliphatic carbocycles. The fourth-order valence-electron chi connectivity index (χ4n) is 9.27. The Labute approximate surface area is 399 Å². The number of carboxylic acids is 1. The summed E-state index contributed by atoms with van der Waals surface area (Å²) in [5, 5.41) is 14.9. The third-order valence-electron chi connectivity index (χ3n) is 12.3. The fraction of sp³-hybridized carbons (Fsp3) is 0.442. The van der Waals surface area contributed by atoms with Crippen molar-refractivity contribution in [2.45, 2.75) is 101 Å². The van der Waals surface area contributed by atoms with E-state index in [9.17, 15) is 24.0 Å². The maximum absolute atomic E-state index is 12.3. The van der Waals surface area contributed by atoms with E-state index in [4.69, 9.17) is 26.2 Å². The minimum Gasteiger partial charge on any atom is -0.480 e. The van der Waals surface area contributed by atoms with Gasteiger partial charge in [-0.1, -0.05) is 121 Å². The van der Waals surface area contributed by atoms with Crippen LogP contribution in [-0.4, -0.2) is 115 Å². The number of esters is 1. The smallest absolute Gasteiger partial charge is 0.411 e. The molecule has 14 nitrogen and oxygen atoms in total. The zero-order valence-electron chi connectivity index (χ0n) is 38.7. The highest BCUT2D eigenvalue weighted by molar-refractivity contribution is 6.61. The van der Waals surface area contributed by atoms with E-state index in [0.717, 1.165) is 62.9 Å². The minimum absolute atomic E-state index is 0.0924. The Morgan fingerprint density at radius 1 is 0.716 bits per heavy atom. The van der Waals surface area contributed by atoms with Gasteiger partial charge in [0.25, 0.3) is 0 Å². The van der Waals surface area contributed by atoms with Gasteiger partial charge in [0, 0.05) is 47.8 Å². The average molecular weight is 942 g/mol. The number of nitrogens with zero attached hydrogens (tertiary/aromatic N) is 2. The van der Waals surface area contributed by atoms with E-state index in [1.54, 1.807) is 13.8 Å². The van der Waals surface area contributed by atoms with E-state index in [1.165, 1.54) is 36.0 Å². The lowest BCUT2D eigenvalue weighted by Crippen LogP contribution is -2.41. The van der Waals surface area contributed by atoms with Gasteiger partial charge in [0.1, 0.15) is 12.1 Å². The van der Waals surface area contributed by atoms with Crippen LogP contribution in [-0.2, 0) is 34.1 Å². The molecule has 67 heavy (non-hydrogen) atoms. The van der Waals surface area contributed by atoms with E-state index < -0.39 is 29.1 Å². The van der Waals surface area contributed by atoms with Gasteiger partial charge in [0.05, 0.1) is 26.4 Å². The topological polar surface area (TPSA) is 173 Å². The number of methoxy groups -OCH3 is 1. The molecule has 5 aliphatic heterocycles. The molecule has 360 valence electrons. The summed E-state index contributed by atoms with van der Waals surface area (Å²) in [6, 6.07) is 41.9. The maximum atomic E-state index is 12.3. The number of hydrogen-bond acceptors (Lipinski definition) is 11. The second kappa shape index (κ2) is 27.0. The third-order valence-corrected chi connectivity index (χ3v) is 12.4. The number of carbonyl (C=O) groups excluding carboxylic acids is 4. The molecule has 5 aliphatic rings. The van der Waals surface area contributed by atoms with Crippen molar-refractivity contribution < 1.29 is 48.0 Å². The molecule has 15 heteroatoms. The van der Waals surface area contributed by atoms with Crippen molar-refractivity contribution >= 4 is 41.2 Å². The van der Waals surface area contributed by atoms with Gasteiger partial charge >= 0.3 is 29.6 Å². The molecule has 2 amide bonds. The summed E-state index contributed by atoms with van der Waals surface area (Å²) in [6.07, 6.45) is 7.23. The second-order valence-electron chi connectivity index (χ2n) is 16.4. The first-order valence-corrected chi connectivity index (χ1v) is 23.7. The molecule has 5 saturated heterocycles. The number of cyclic esters (lactones) is 1. The molecule has 0 radical (unpaired) electrons. The summed E-state index contributed by atoms with van der Waals surface area (Å²) in [5.74, 6) is -0.604. The van der Waals surface area contributed by atoms with E-state index in [1.807, 2.05) is 41.3 Å². The molecule has 3 N–H and O–H groups in total. The van der Waals surface area contributed by atoms with Gasteiger partial charge in [-0.25, -0.2) is 19.2 Å². The first-order valence-electron chi connectivity index (χ1n) is 23.3. The normalized spacial score (nSPS) is 20.8. The van der Waals surface area contributed by atoms with Crippen molar-refractivity contribution in [2.75, 3.05) is 46.5 Å². The molecule has 0 aromatic heterocycles. The Hall–Kier alpha value is -5.96. The Bertz CT molecular complexity index is 2040. The number of nitrogens with one attached hydrogen (secondary N) is 2. The largest absolute Gasteiger partial charge is 0.480 e. The van der Waals surface area contributed by atoms with Crippen LogP contribution >= 0.6 is 11.6 Å². The number of fused-ring (bicyclic) bond motifs is 1. The molecule has 5 fully saturated rings. The summed E-state index contributed by atoms with van der Waals surface area (Å²) in [5.41, 5.74) is 3.54. The number of carboxylic acid groups (broad SMARTS) is 1. The molecule has 4 atom stereocenters. The lowest BCUT2D eigenvalue weighted by Gasteiger charge is -2.33.